The van der Waals surface area contributed by atoms with Gasteiger partial charge in [0.05, 0.1) is 49.6 Å². The molecule has 0 amide bonds. The van der Waals surface area contributed by atoms with Crippen LogP contribution < -0.4 is 0 Å². The minimum Gasteiger partial charge on any atom is -0.472 e. The van der Waals surface area contributed by atoms with Gasteiger partial charge in [-0.2, -0.15) is 0 Å². The SMILES string of the molecule is CCC(C)C(=O)OC1C2C(=O)C(C)(C3CCC4(C)C(c5ccoc5)OC(=O)CC45OC2C35)C(CC(=O)OC)C1(C)C. The number of methoxy groups -OCH3 is 1. The maximum Gasteiger partial charge on any atom is 0.309 e. The third-order valence-electron chi connectivity index (χ3n) is 12.2. The highest BCUT2D eigenvalue weighted by Crippen LogP contribution is 2.76. The van der Waals surface area contributed by atoms with E-state index in [9.17, 15) is 19.2 Å². The highest BCUT2D eigenvalue weighted by atomic mass is 16.6. The molecule has 3 aliphatic carbocycles. The summed E-state index contributed by atoms with van der Waals surface area (Å²) in [5.74, 6) is -2.83. The van der Waals surface area contributed by atoms with Crippen molar-refractivity contribution in [3.8, 4) is 0 Å². The summed E-state index contributed by atoms with van der Waals surface area (Å²) in [4.78, 5) is 53.9. The number of furan rings is 1. The molecule has 1 spiro atoms. The second-order valence-electron chi connectivity index (χ2n) is 14.2. The highest BCUT2D eigenvalue weighted by molar-refractivity contribution is 5.92. The molecule has 3 heterocycles. The standard InChI is InChI=1S/C32H42O9/c1-8-16(2)28(36)40-27-22-24-23-18(31(6,25(22)35)19(29(27,3)4)13-20(33)37-7)9-11-30(5)26(17-10-12-38-15-17)39-21(34)14-32(23,30)41-24/h10,12,15-16,18-19,22-24,26-27H,8-9,11,13-14H2,1-7H3. The fourth-order valence-corrected chi connectivity index (χ4v) is 9.79. The van der Waals surface area contributed by atoms with Crippen LogP contribution >= 0.6 is 0 Å². The topological polar surface area (TPSA) is 118 Å². The Morgan fingerprint density at radius 2 is 1.90 bits per heavy atom. The van der Waals surface area contributed by atoms with Gasteiger partial charge >= 0.3 is 17.9 Å². The van der Waals surface area contributed by atoms with Crippen LogP contribution in [0, 0.1) is 45.8 Å². The van der Waals surface area contributed by atoms with Gasteiger partial charge < -0.3 is 23.4 Å². The molecule has 2 saturated heterocycles. The third kappa shape index (κ3) is 3.50. The molecule has 0 N–H and O–H groups in total. The molecule has 1 aromatic rings. The van der Waals surface area contributed by atoms with E-state index in [4.69, 9.17) is 23.4 Å². The second-order valence-corrected chi connectivity index (χ2v) is 14.2. The number of rotatable bonds is 6. The average molecular weight is 571 g/mol. The Kier molecular flexibility index (Phi) is 6.35. The van der Waals surface area contributed by atoms with Gasteiger partial charge in [0.15, 0.2) is 0 Å². The summed E-state index contributed by atoms with van der Waals surface area (Å²) >= 11 is 0. The molecule has 11 atom stereocenters. The molecular weight excluding hydrogens is 528 g/mol. The first-order valence-electron chi connectivity index (χ1n) is 15.0. The van der Waals surface area contributed by atoms with Crippen molar-refractivity contribution >= 4 is 23.7 Å². The van der Waals surface area contributed by atoms with Gasteiger partial charge in [0.25, 0.3) is 0 Å². The van der Waals surface area contributed by atoms with Crippen LogP contribution in [-0.4, -0.2) is 48.6 Å². The maximum absolute atomic E-state index is 14.6. The number of cyclic esters (lactones) is 1. The lowest BCUT2D eigenvalue weighted by Crippen LogP contribution is -2.84. The zero-order valence-corrected chi connectivity index (χ0v) is 25.1. The number of ketones is 1. The van der Waals surface area contributed by atoms with Crippen LogP contribution in [0.15, 0.2) is 23.0 Å². The average Bonchev–Trinajstić information content (AvgIpc) is 3.46. The van der Waals surface area contributed by atoms with Gasteiger partial charge in [-0.15, -0.1) is 0 Å². The van der Waals surface area contributed by atoms with Gasteiger partial charge in [-0.05, 0) is 37.2 Å². The smallest absolute Gasteiger partial charge is 0.309 e. The lowest BCUT2D eigenvalue weighted by molar-refractivity contribution is -0.406. The van der Waals surface area contributed by atoms with E-state index >= 15 is 0 Å². The molecule has 2 aliphatic heterocycles. The predicted molar refractivity (Wildman–Crippen MR) is 144 cm³/mol. The molecule has 2 bridgehead atoms. The van der Waals surface area contributed by atoms with Crippen LogP contribution in [0.5, 0.6) is 0 Å². The number of ether oxygens (including phenoxy) is 4. The van der Waals surface area contributed by atoms with Crippen LogP contribution in [-0.2, 0) is 38.1 Å². The van der Waals surface area contributed by atoms with Crippen LogP contribution in [0.4, 0.5) is 0 Å². The van der Waals surface area contributed by atoms with E-state index in [0.29, 0.717) is 19.3 Å². The number of fused-ring (bicyclic) bond motifs is 4. The molecule has 1 aromatic heterocycles. The monoisotopic (exact) mass is 570 g/mol. The Bertz CT molecular complexity index is 1270. The number of carbonyl (C=O) groups excluding carboxylic acids is 4. The number of hydrogen-bond donors (Lipinski definition) is 0. The molecule has 5 fully saturated rings. The van der Waals surface area contributed by atoms with E-state index in [0.717, 1.165) is 5.56 Å². The predicted octanol–water partition coefficient (Wildman–Crippen LogP) is 4.82. The second kappa shape index (κ2) is 9.16. The lowest BCUT2D eigenvalue weighted by atomic mass is 9.34. The molecule has 0 radical (unpaired) electrons. The first-order valence-corrected chi connectivity index (χ1v) is 15.0. The summed E-state index contributed by atoms with van der Waals surface area (Å²) in [5.41, 5.74) is -2.22. The Morgan fingerprint density at radius 3 is 2.54 bits per heavy atom. The van der Waals surface area contributed by atoms with E-state index in [-0.39, 0.29) is 48.3 Å². The number of hydrogen-bond acceptors (Lipinski definition) is 9. The van der Waals surface area contributed by atoms with E-state index in [1.807, 2.05) is 40.7 Å². The molecule has 41 heavy (non-hydrogen) atoms. The Hall–Kier alpha value is -2.68. The largest absolute Gasteiger partial charge is 0.472 e. The summed E-state index contributed by atoms with van der Waals surface area (Å²) in [6.45, 7) is 11.9. The van der Waals surface area contributed by atoms with Crippen molar-refractivity contribution in [3.63, 3.8) is 0 Å². The fraction of sp³-hybridized carbons (Fsp3) is 0.750. The summed E-state index contributed by atoms with van der Waals surface area (Å²) in [6, 6.07) is 1.82. The van der Waals surface area contributed by atoms with Crippen LogP contribution in [0.2, 0.25) is 0 Å². The molecule has 5 aliphatic rings. The van der Waals surface area contributed by atoms with E-state index < -0.39 is 58.0 Å². The first kappa shape index (κ1) is 28.4. The number of carbonyl (C=O) groups is 4. The summed E-state index contributed by atoms with van der Waals surface area (Å²) < 4.78 is 29.6. The van der Waals surface area contributed by atoms with E-state index in [1.54, 1.807) is 12.5 Å². The van der Waals surface area contributed by atoms with Crippen molar-refractivity contribution in [2.45, 2.75) is 97.6 Å². The molecule has 11 unspecified atom stereocenters. The maximum atomic E-state index is 14.6. The van der Waals surface area contributed by atoms with Crippen LogP contribution in [0.25, 0.3) is 0 Å². The van der Waals surface area contributed by atoms with E-state index in [2.05, 4.69) is 6.92 Å². The Morgan fingerprint density at radius 1 is 1.17 bits per heavy atom. The van der Waals surface area contributed by atoms with Crippen molar-refractivity contribution in [2.24, 2.45) is 45.8 Å². The normalized spacial score (nSPS) is 44.4. The van der Waals surface area contributed by atoms with Crippen LogP contribution in [0.1, 0.15) is 85.3 Å². The fourth-order valence-electron chi connectivity index (χ4n) is 9.79. The lowest BCUT2D eigenvalue weighted by Gasteiger charge is -2.77. The van der Waals surface area contributed by atoms with Crippen molar-refractivity contribution in [2.75, 3.05) is 7.11 Å². The van der Waals surface area contributed by atoms with Crippen molar-refractivity contribution in [1.82, 2.24) is 0 Å². The minimum absolute atomic E-state index is 0.0119. The zero-order chi connectivity index (χ0) is 29.7. The van der Waals surface area contributed by atoms with Gasteiger partial charge in [-0.1, -0.05) is 41.5 Å². The van der Waals surface area contributed by atoms with E-state index in [1.165, 1.54) is 7.11 Å². The van der Waals surface area contributed by atoms with Crippen LogP contribution in [0.3, 0.4) is 0 Å². The molecule has 9 nitrogen and oxygen atoms in total. The third-order valence-corrected chi connectivity index (χ3v) is 12.2. The van der Waals surface area contributed by atoms with Gasteiger partial charge in [0.2, 0.25) is 0 Å². The molecule has 6 rings (SSSR count). The molecule has 0 aromatic carbocycles. The quantitative estimate of drug-likeness (QED) is 0.350. The van der Waals surface area contributed by atoms with Gasteiger partial charge in [0, 0.05) is 34.1 Å². The summed E-state index contributed by atoms with van der Waals surface area (Å²) in [7, 11) is 1.35. The highest BCUT2D eigenvalue weighted by Gasteiger charge is 2.83. The zero-order valence-electron chi connectivity index (χ0n) is 25.1. The van der Waals surface area contributed by atoms with Gasteiger partial charge in [-0.3, -0.25) is 19.2 Å². The van der Waals surface area contributed by atoms with Gasteiger partial charge in [0.1, 0.15) is 18.0 Å². The molecule has 3 saturated carbocycles. The summed E-state index contributed by atoms with van der Waals surface area (Å²) in [6.07, 6.45) is 3.50. The molecule has 224 valence electrons. The number of Topliss-reactive ketones (excluding diaryl/α,β-unsaturated/α-hetero) is 1. The Labute approximate surface area is 241 Å². The van der Waals surface area contributed by atoms with Crippen molar-refractivity contribution in [3.05, 3.63) is 24.2 Å². The van der Waals surface area contributed by atoms with Crippen molar-refractivity contribution < 1.29 is 42.5 Å². The van der Waals surface area contributed by atoms with Crippen molar-refractivity contribution in [1.29, 1.82) is 0 Å². The van der Waals surface area contributed by atoms with Gasteiger partial charge in [-0.25, -0.2) is 0 Å². The molecular formula is C32H42O9. The Balaban J connectivity index is 1.48. The molecule has 9 heteroatoms. The number of esters is 3. The summed E-state index contributed by atoms with van der Waals surface area (Å²) in [5, 5.41) is 0. The minimum atomic E-state index is -0.895. The first-order chi connectivity index (χ1) is 19.3.